The lowest BCUT2D eigenvalue weighted by Crippen LogP contribution is -2.34. The van der Waals surface area contributed by atoms with Crippen LogP contribution in [0, 0.1) is 22.7 Å². The van der Waals surface area contributed by atoms with Crippen molar-refractivity contribution in [2.24, 2.45) is 34.1 Å². The summed E-state index contributed by atoms with van der Waals surface area (Å²) < 4.78 is 0. The second-order valence-electron chi connectivity index (χ2n) is 10.3. The van der Waals surface area contributed by atoms with Gasteiger partial charge in [-0.2, -0.15) is 0 Å². The van der Waals surface area contributed by atoms with Gasteiger partial charge < -0.3 is 11.5 Å². The SMILES string of the molecule is CC(N)CCCC(C)(C)C1CCC(C(C)(C)CCCC(C)N)CC1. The molecule has 0 aromatic heterocycles. The smallest absolute Gasteiger partial charge is 0.00104 e. The van der Waals surface area contributed by atoms with Crippen molar-refractivity contribution in [3.63, 3.8) is 0 Å². The Morgan fingerprint density at radius 1 is 0.708 bits per heavy atom. The minimum absolute atomic E-state index is 0.355. The third-order valence-corrected chi connectivity index (χ3v) is 6.90. The van der Waals surface area contributed by atoms with Crippen LogP contribution in [0.5, 0.6) is 0 Å². The van der Waals surface area contributed by atoms with E-state index in [0.29, 0.717) is 22.9 Å². The van der Waals surface area contributed by atoms with Gasteiger partial charge in [-0.25, -0.2) is 0 Å². The van der Waals surface area contributed by atoms with E-state index in [1.54, 1.807) is 0 Å². The Morgan fingerprint density at radius 2 is 1.00 bits per heavy atom. The summed E-state index contributed by atoms with van der Waals surface area (Å²) in [5.74, 6) is 1.81. The minimum Gasteiger partial charge on any atom is -0.328 e. The molecule has 4 N–H and O–H groups in total. The lowest BCUT2D eigenvalue weighted by molar-refractivity contribution is 0.0669. The summed E-state index contributed by atoms with van der Waals surface area (Å²) >= 11 is 0. The maximum Gasteiger partial charge on any atom is 0.00104 e. The predicted molar refractivity (Wildman–Crippen MR) is 108 cm³/mol. The highest BCUT2D eigenvalue weighted by Crippen LogP contribution is 2.48. The average molecular weight is 339 g/mol. The molecule has 0 saturated heterocycles. The molecule has 2 unspecified atom stereocenters. The van der Waals surface area contributed by atoms with Crippen LogP contribution >= 0.6 is 0 Å². The molecule has 24 heavy (non-hydrogen) atoms. The van der Waals surface area contributed by atoms with Gasteiger partial charge in [0.2, 0.25) is 0 Å². The molecule has 0 radical (unpaired) electrons. The van der Waals surface area contributed by atoms with Crippen LogP contribution in [-0.4, -0.2) is 12.1 Å². The first-order chi connectivity index (χ1) is 11.0. The van der Waals surface area contributed by atoms with Crippen LogP contribution in [0.3, 0.4) is 0 Å². The van der Waals surface area contributed by atoms with Crippen LogP contribution in [0.25, 0.3) is 0 Å². The molecule has 0 amide bonds. The average Bonchev–Trinajstić information content (AvgIpc) is 2.46. The number of hydrogen-bond acceptors (Lipinski definition) is 2. The Balaban J connectivity index is 2.41. The number of nitrogens with two attached hydrogens (primary N) is 2. The van der Waals surface area contributed by atoms with Crippen LogP contribution in [0.2, 0.25) is 0 Å². The zero-order valence-corrected chi connectivity index (χ0v) is 17.5. The fourth-order valence-corrected chi connectivity index (χ4v) is 4.82. The Bertz CT molecular complexity index is 302. The molecule has 1 rings (SSSR count). The third kappa shape index (κ3) is 7.44. The minimum atomic E-state index is 0.355. The molecule has 2 heteroatoms. The van der Waals surface area contributed by atoms with Crippen molar-refractivity contribution in [3.05, 3.63) is 0 Å². The van der Waals surface area contributed by atoms with E-state index < -0.39 is 0 Å². The largest absolute Gasteiger partial charge is 0.328 e. The normalized spacial score (nSPS) is 25.5. The summed E-state index contributed by atoms with van der Waals surface area (Å²) in [5.41, 5.74) is 12.8. The molecule has 0 heterocycles. The molecule has 2 nitrogen and oxygen atoms in total. The zero-order valence-electron chi connectivity index (χ0n) is 17.5. The second-order valence-corrected chi connectivity index (χ2v) is 10.3. The van der Waals surface area contributed by atoms with Gasteiger partial charge in [-0.1, -0.05) is 40.5 Å². The van der Waals surface area contributed by atoms with E-state index in [4.69, 9.17) is 11.5 Å². The molecule has 0 spiro atoms. The van der Waals surface area contributed by atoms with Crippen molar-refractivity contribution >= 4 is 0 Å². The lowest BCUT2D eigenvalue weighted by Gasteiger charge is -2.44. The quantitative estimate of drug-likeness (QED) is 0.522. The molecular weight excluding hydrogens is 292 g/mol. The monoisotopic (exact) mass is 338 g/mol. The first-order valence-corrected chi connectivity index (χ1v) is 10.6. The maximum absolute atomic E-state index is 5.92. The van der Waals surface area contributed by atoms with E-state index >= 15 is 0 Å². The second kappa shape index (κ2) is 9.57. The summed E-state index contributed by atoms with van der Waals surface area (Å²) in [4.78, 5) is 0. The van der Waals surface area contributed by atoms with Crippen LogP contribution in [0.15, 0.2) is 0 Å². The van der Waals surface area contributed by atoms with E-state index in [1.807, 2.05) is 0 Å². The summed E-state index contributed by atoms with van der Waals surface area (Å²) in [6, 6.07) is 0.710. The highest BCUT2D eigenvalue weighted by molar-refractivity contribution is 4.88. The molecule has 1 aliphatic carbocycles. The molecule has 0 aromatic rings. The molecule has 0 bridgehead atoms. The van der Waals surface area contributed by atoms with Crippen LogP contribution in [0.4, 0.5) is 0 Å². The van der Waals surface area contributed by atoms with E-state index in [9.17, 15) is 0 Å². The van der Waals surface area contributed by atoms with Crippen molar-refractivity contribution in [2.75, 3.05) is 0 Å². The third-order valence-electron chi connectivity index (χ3n) is 6.90. The van der Waals surface area contributed by atoms with Gasteiger partial charge >= 0.3 is 0 Å². The van der Waals surface area contributed by atoms with Gasteiger partial charge in [0.25, 0.3) is 0 Å². The lowest BCUT2D eigenvalue weighted by atomic mass is 9.61. The van der Waals surface area contributed by atoms with Crippen molar-refractivity contribution in [3.8, 4) is 0 Å². The summed E-state index contributed by atoms with van der Waals surface area (Å²) in [6.45, 7) is 14.2. The Labute approximate surface area is 152 Å². The zero-order chi connectivity index (χ0) is 18.4. The predicted octanol–water partition coefficient (Wildman–Crippen LogP) is 5.88. The number of rotatable bonds is 10. The molecule has 144 valence electrons. The van der Waals surface area contributed by atoms with Gasteiger partial charge in [-0.05, 0) is 87.9 Å². The molecule has 0 aromatic carbocycles. The van der Waals surface area contributed by atoms with E-state index in [-0.39, 0.29) is 0 Å². The fraction of sp³-hybridized carbons (Fsp3) is 1.00. The standard InChI is InChI=1S/C22H46N2/c1-17(23)9-7-15-21(3,4)19-11-13-20(14-12-19)22(5,6)16-8-10-18(2)24/h17-20H,7-16,23-24H2,1-6H3. The highest BCUT2D eigenvalue weighted by atomic mass is 14.6. The van der Waals surface area contributed by atoms with Crippen molar-refractivity contribution in [1.82, 2.24) is 0 Å². The summed E-state index contributed by atoms with van der Waals surface area (Å²) in [7, 11) is 0. The van der Waals surface area contributed by atoms with Gasteiger partial charge in [-0.15, -0.1) is 0 Å². The topological polar surface area (TPSA) is 52.0 Å². The number of hydrogen-bond donors (Lipinski definition) is 2. The van der Waals surface area contributed by atoms with Gasteiger partial charge in [0.1, 0.15) is 0 Å². The van der Waals surface area contributed by atoms with Gasteiger partial charge in [0.15, 0.2) is 0 Å². The van der Waals surface area contributed by atoms with Gasteiger partial charge in [-0.3, -0.25) is 0 Å². The Kier molecular flexibility index (Phi) is 8.76. The van der Waals surface area contributed by atoms with E-state index in [0.717, 1.165) is 11.8 Å². The first kappa shape index (κ1) is 22.0. The van der Waals surface area contributed by atoms with Crippen LogP contribution in [0.1, 0.15) is 106 Å². The molecule has 2 atom stereocenters. The van der Waals surface area contributed by atoms with Crippen molar-refractivity contribution in [1.29, 1.82) is 0 Å². The molecule has 1 fully saturated rings. The highest BCUT2D eigenvalue weighted by Gasteiger charge is 2.37. The van der Waals surface area contributed by atoms with E-state index in [1.165, 1.54) is 64.2 Å². The molecule has 1 aliphatic rings. The van der Waals surface area contributed by atoms with Crippen molar-refractivity contribution < 1.29 is 0 Å². The van der Waals surface area contributed by atoms with Crippen molar-refractivity contribution in [2.45, 2.75) is 118 Å². The fourth-order valence-electron chi connectivity index (χ4n) is 4.82. The summed E-state index contributed by atoms with van der Waals surface area (Å²) in [5, 5.41) is 0. The van der Waals surface area contributed by atoms with E-state index in [2.05, 4.69) is 41.5 Å². The first-order valence-electron chi connectivity index (χ1n) is 10.6. The van der Waals surface area contributed by atoms with Crippen LogP contribution in [-0.2, 0) is 0 Å². The van der Waals surface area contributed by atoms with Crippen LogP contribution < -0.4 is 11.5 Å². The maximum atomic E-state index is 5.92. The van der Waals surface area contributed by atoms with Gasteiger partial charge in [0, 0.05) is 12.1 Å². The molecule has 1 saturated carbocycles. The molecule has 0 aliphatic heterocycles. The van der Waals surface area contributed by atoms with Gasteiger partial charge in [0.05, 0.1) is 0 Å². The Morgan fingerprint density at radius 3 is 1.25 bits per heavy atom. The molecular formula is C22H46N2. The Hall–Kier alpha value is -0.0800. The summed E-state index contributed by atoms with van der Waals surface area (Å²) in [6.07, 6.45) is 13.3.